The van der Waals surface area contributed by atoms with Crippen LogP contribution < -0.4 is 0 Å². The molecule has 0 spiro atoms. The average Bonchev–Trinajstić information content (AvgIpc) is 2.96. The van der Waals surface area contributed by atoms with Crippen LogP contribution in [0.2, 0.25) is 0 Å². The molecule has 2 heterocycles. The van der Waals surface area contributed by atoms with Crippen molar-refractivity contribution in [3.63, 3.8) is 0 Å². The molecule has 0 amide bonds. The summed E-state index contributed by atoms with van der Waals surface area (Å²) in [7, 11) is 0. The van der Waals surface area contributed by atoms with Gasteiger partial charge in [-0.3, -0.25) is 14.8 Å². The number of rotatable bonds is 3. The lowest BCUT2D eigenvalue weighted by molar-refractivity contribution is -0.385. The fourth-order valence-electron chi connectivity index (χ4n) is 1.81. The minimum absolute atomic E-state index is 0.0951. The fourth-order valence-corrected chi connectivity index (χ4v) is 1.81. The molecule has 2 aromatic heterocycles. The highest BCUT2D eigenvalue weighted by Gasteiger charge is 2.11. The van der Waals surface area contributed by atoms with E-state index in [2.05, 4.69) is 15.1 Å². The lowest BCUT2D eigenvalue weighted by atomic mass is 10.3. The highest BCUT2D eigenvalue weighted by Crippen LogP contribution is 2.16. The standard InChI is InChI=1S/C11H8FN5O2/c12-8-2-1-3-9-11(8)15-10(14-9)6-16-5-7(4-13-16)17(18)19/h1-5H,6H2,(H,14,15). The lowest BCUT2D eigenvalue weighted by Gasteiger charge is -1.95. The van der Waals surface area contributed by atoms with Gasteiger partial charge < -0.3 is 4.98 Å². The van der Waals surface area contributed by atoms with E-state index in [9.17, 15) is 14.5 Å². The van der Waals surface area contributed by atoms with E-state index in [0.29, 0.717) is 11.3 Å². The molecule has 0 radical (unpaired) electrons. The first-order valence-electron chi connectivity index (χ1n) is 5.43. The van der Waals surface area contributed by atoms with Crippen LogP contribution in [-0.2, 0) is 6.54 Å². The first-order chi connectivity index (χ1) is 9.13. The summed E-state index contributed by atoms with van der Waals surface area (Å²) in [6, 6.07) is 4.62. The minimum Gasteiger partial charge on any atom is -0.340 e. The molecule has 3 aromatic rings. The monoisotopic (exact) mass is 261 g/mol. The molecule has 0 atom stereocenters. The Bertz CT molecular complexity index is 763. The van der Waals surface area contributed by atoms with Crippen LogP contribution in [0.4, 0.5) is 10.1 Å². The molecule has 0 bridgehead atoms. The van der Waals surface area contributed by atoms with Crippen LogP contribution >= 0.6 is 0 Å². The maximum Gasteiger partial charge on any atom is 0.307 e. The van der Waals surface area contributed by atoms with Crippen molar-refractivity contribution in [3.8, 4) is 0 Å². The summed E-state index contributed by atoms with van der Waals surface area (Å²) in [5.74, 6) is 0.0737. The zero-order valence-electron chi connectivity index (χ0n) is 9.58. The van der Waals surface area contributed by atoms with E-state index in [1.807, 2.05) is 0 Å². The number of imidazole rings is 1. The van der Waals surface area contributed by atoms with Gasteiger partial charge in [-0.05, 0) is 12.1 Å². The second-order valence-corrected chi connectivity index (χ2v) is 3.97. The molecule has 1 N–H and O–H groups in total. The summed E-state index contributed by atoms with van der Waals surface area (Å²) >= 11 is 0. The lowest BCUT2D eigenvalue weighted by Crippen LogP contribution is -2.01. The predicted octanol–water partition coefficient (Wildman–Crippen LogP) is 1.85. The smallest absolute Gasteiger partial charge is 0.307 e. The van der Waals surface area contributed by atoms with Crippen molar-refractivity contribution < 1.29 is 9.31 Å². The molecule has 19 heavy (non-hydrogen) atoms. The molecule has 8 heteroatoms. The van der Waals surface area contributed by atoms with Crippen LogP contribution in [0.5, 0.6) is 0 Å². The predicted molar refractivity (Wildman–Crippen MR) is 64.0 cm³/mol. The third-order valence-corrected chi connectivity index (χ3v) is 2.65. The van der Waals surface area contributed by atoms with Crippen molar-refractivity contribution in [3.05, 3.63) is 52.3 Å². The van der Waals surface area contributed by atoms with Gasteiger partial charge in [0.1, 0.15) is 23.7 Å². The number of nitrogens with one attached hydrogen (secondary N) is 1. The number of nitro groups is 1. The van der Waals surface area contributed by atoms with Crippen molar-refractivity contribution in [1.29, 1.82) is 0 Å². The number of benzene rings is 1. The first-order valence-corrected chi connectivity index (χ1v) is 5.43. The number of fused-ring (bicyclic) bond motifs is 1. The van der Waals surface area contributed by atoms with Crippen molar-refractivity contribution >= 4 is 16.7 Å². The molecule has 0 aliphatic rings. The first kappa shape index (κ1) is 11.3. The summed E-state index contributed by atoms with van der Waals surface area (Å²) in [5.41, 5.74) is 0.734. The van der Waals surface area contributed by atoms with Gasteiger partial charge in [0.25, 0.3) is 0 Å². The van der Waals surface area contributed by atoms with Crippen LogP contribution in [-0.4, -0.2) is 24.7 Å². The third kappa shape index (κ3) is 2.03. The molecule has 0 aliphatic heterocycles. The molecule has 1 aromatic carbocycles. The Morgan fingerprint density at radius 2 is 2.32 bits per heavy atom. The molecule has 0 unspecified atom stereocenters. The van der Waals surface area contributed by atoms with Gasteiger partial charge >= 0.3 is 5.69 Å². The maximum atomic E-state index is 13.5. The largest absolute Gasteiger partial charge is 0.340 e. The van der Waals surface area contributed by atoms with Crippen LogP contribution in [0.15, 0.2) is 30.6 Å². The summed E-state index contributed by atoms with van der Waals surface area (Å²) in [6.45, 7) is 0.210. The van der Waals surface area contributed by atoms with Gasteiger partial charge in [0.15, 0.2) is 5.82 Å². The molecule has 0 fully saturated rings. The van der Waals surface area contributed by atoms with Crippen LogP contribution in [0.1, 0.15) is 5.82 Å². The van der Waals surface area contributed by atoms with Gasteiger partial charge in [0.05, 0.1) is 17.0 Å². The summed E-state index contributed by atoms with van der Waals surface area (Å²) in [4.78, 5) is 17.0. The van der Waals surface area contributed by atoms with E-state index >= 15 is 0 Å². The second kappa shape index (κ2) is 4.16. The number of H-pyrrole nitrogens is 1. The van der Waals surface area contributed by atoms with Crippen LogP contribution in [0, 0.1) is 15.9 Å². The molecule has 3 rings (SSSR count). The molecule has 0 saturated carbocycles. The van der Waals surface area contributed by atoms with E-state index in [1.165, 1.54) is 16.9 Å². The summed E-state index contributed by atoms with van der Waals surface area (Å²) in [5, 5.41) is 14.4. The quantitative estimate of drug-likeness (QED) is 0.575. The number of aromatic nitrogens is 4. The molecule has 7 nitrogen and oxygen atoms in total. The molecule has 0 aliphatic carbocycles. The Hall–Kier alpha value is -2.77. The minimum atomic E-state index is -0.526. The van der Waals surface area contributed by atoms with Gasteiger partial charge in [-0.2, -0.15) is 5.10 Å². The van der Waals surface area contributed by atoms with Crippen molar-refractivity contribution in [2.24, 2.45) is 0 Å². The van der Waals surface area contributed by atoms with E-state index in [-0.39, 0.29) is 17.7 Å². The Labute approximate surface area is 105 Å². The third-order valence-electron chi connectivity index (χ3n) is 2.65. The zero-order valence-corrected chi connectivity index (χ0v) is 9.58. The Balaban J connectivity index is 1.92. The highest BCUT2D eigenvalue weighted by atomic mass is 19.1. The molecule has 0 saturated heterocycles. The zero-order chi connectivity index (χ0) is 13.4. The van der Waals surface area contributed by atoms with E-state index < -0.39 is 10.7 Å². The highest BCUT2D eigenvalue weighted by molar-refractivity contribution is 5.75. The number of hydrogen-bond acceptors (Lipinski definition) is 4. The topological polar surface area (TPSA) is 89.6 Å². The van der Waals surface area contributed by atoms with Gasteiger partial charge in [-0.1, -0.05) is 6.07 Å². The Kier molecular flexibility index (Phi) is 2.48. The van der Waals surface area contributed by atoms with E-state index in [0.717, 1.165) is 6.20 Å². The molecule has 96 valence electrons. The van der Waals surface area contributed by atoms with E-state index in [4.69, 9.17) is 0 Å². The number of hydrogen-bond donors (Lipinski definition) is 1. The summed E-state index contributed by atoms with van der Waals surface area (Å²) < 4.78 is 14.8. The number of para-hydroxylation sites is 1. The van der Waals surface area contributed by atoms with Crippen molar-refractivity contribution in [2.45, 2.75) is 6.54 Å². The molecular weight excluding hydrogens is 253 g/mol. The second-order valence-electron chi connectivity index (χ2n) is 3.97. The number of halogens is 1. The number of aromatic amines is 1. The summed E-state index contributed by atoms with van der Waals surface area (Å²) in [6.07, 6.45) is 2.45. The van der Waals surface area contributed by atoms with Gasteiger partial charge in [-0.25, -0.2) is 9.37 Å². The average molecular weight is 261 g/mol. The molecular formula is C11H8FN5O2. The van der Waals surface area contributed by atoms with Crippen molar-refractivity contribution in [1.82, 2.24) is 19.7 Å². The van der Waals surface area contributed by atoms with Gasteiger partial charge in [0, 0.05) is 0 Å². The fraction of sp³-hybridized carbons (Fsp3) is 0.0909. The van der Waals surface area contributed by atoms with Crippen LogP contribution in [0.25, 0.3) is 11.0 Å². The van der Waals surface area contributed by atoms with Crippen LogP contribution in [0.3, 0.4) is 0 Å². The van der Waals surface area contributed by atoms with Crippen molar-refractivity contribution in [2.75, 3.05) is 0 Å². The van der Waals surface area contributed by atoms with E-state index in [1.54, 1.807) is 12.1 Å². The maximum absolute atomic E-state index is 13.5. The normalized spacial score (nSPS) is 11.0. The van der Waals surface area contributed by atoms with Gasteiger partial charge in [0.2, 0.25) is 0 Å². The SMILES string of the molecule is O=[N+]([O-])c1cnn(Cc2nc3c(F)cccc3[nH]2)c1. The Morgan fingerprint density at radius 3 is 3.00 bits per heavy atom. The number of nitrogens with zero attached hydrogens (tertiary/aromatic N) is 4. The Morgan fingerprint density at radius 1 is 1.47 bits per heavy atom. The van der Waals surface area contributed by atoms with Gasteiger partial charge in [-0.15, -0.1) is 0 Å².